The van der Waals surface area contributed by atoms with Crippen molar-refractivity contribution in [2.24, 2.45) is 0 Å². The molecule has 0 aliphatic carbocycles. The Labute approximate surface area is 226 Å². The molecule has 0 fully saturated rings. The molecular formula is C28H24Br2N4O2. The van der Waals surface area contributed by atoms with Gasteiger partial charge in [0.05, 0.1) is 17.8 Å². The van der Waals surface area contributed by atoms with Gasteiger partial charge >= 0.3 is 0 Å². The summed E-state index contributed by atoms with van der Waals surface area (Å²) in [6.45, 7) is 3.97. The summed E-state index contributed by atoms with van der Waals surface area (Å²) in [7, 11) is 0. The van der Waals surface area contributed by atoms with Crippen LogP contribution in [0.3, 0.4) is 0 Å². The molecule has 0 saturated heterocycles. The van der Waals surface area contributed by atoms with Gasteiger partial charge < -0.3 is 14.7 Å². The Hall–Kier alpha value is -2.94. The number of β-amino-alcohol motifs (C(OH)–C–C–N with tert-alkyl or cyclic N) is 1. The number of aromatic nitrogens is 3. The van der Waals surface area contributed by atoms with Gasteiger partial charge in [-0.1, -0.05) is 68.3 Å². The van der Waals surface area contributed by atoms with E-state index in [2.05, 4.69) is 77.2 Å². The third-order valence-electron chi connectivity index (χ3n) is 6.45. The van der Waals surface area contributed by atoms with Crippen molar-refractivity contribution >= 4 is 43.5 Å². The van der Waals surface area contributed by atoms with Crippen LogP contribution in [0, 0.1) is 0 Å². The maximum absolute atomic E-state index is 10.9. The number of nitrogens with zero attached hydrogens (tertiary/aromatic N) is 4. The number of hydrogen-bond donors (Lipinski definition) is 1. The zero-order valence-corrected chi connectivity index (χ0v) is 22.9. The molecule has 0 saturated carbocycles. The molecule has 0 amide bonds. The summed E-state index contributed by atoms with van der Waals surface area (Å²) in [6.07, 6.45) is 1.22. The Balaban J connectivity index is 1.67. The average Bonchev–Trinajstić information content (AvgIpc) is 3.34. The van der Waals surface area contributed by atoms with Gasteiger partial charge in [-0.25, -0.2) is 4.68 Å². The molecule has 8 heteroatoms. The summed E-state index contributed by atoms with van der Waals surface area (Å²) in [5.74, 6) is 1.49. The van der Waals surface area contributed by atoms with E-state index in [4.69, 9.17) is 4.74 Å². The molecule has 1 N–H and O–H groups in total. The van der Waals surface area contributed by atoms with Crippen LogP contribution in [0.1, 0.15) is 42.7 Å². The second kappa shape index (κ2) is 8.87. The fraction of sp³-hybridized carbons (Fsp3) is 0.214. The Kier molecular flexibility index (Phi) is 5.78. The van der Waals surface area contributed by atoms with E-state index in [1.54, 1.807) is 6.33 Å². The fourth-order valence-electron chi connectivity index (χ4n) is 5.05. The van der Waals surface area contributed by atoms with Crippen molar-refractivity contribution in [1.82, 2.24) is 14.8 Å². The van der Waals surface area contributed by atoms with Crippen LogP contribution in [0.5, 0.6) is 5.75 Å². The number of para-hydroxylation sites is 1. The van der Waals surface area contributed by atoms with E-state index in [1.807, 2.05) is 61.0 Å². The largest absolute Gasteiger partial charge is 0.480 e. The van der Waals surface area contributed by atoms with E-state index in [9.17, 15) is 5.11 Å². The predicted octanol–water partition coefficient (Wildman–Crippen LogP) is 6.53. The van der Waals surface area contributed by atoms with E-state index < -0.39 is 5.60 Å². The normalized spacial score (nSPS) is 18.9. The first-order valence-electron chi connectivity index (χ1n) is 11.7. The van der Waals surface area contributed by atoms with Gasteiger partial charge in [0.25, 0.3) is 0 Å². The number of rotatable bonds is 4. The molecule has 6 rings (SSSR count). The number of halogens is 2. The topological polar surface area (TPSA) is 63.4 Å². The van der Waals surface area contributed by atoms with Crippen molar-refractivity contribution in [3.63, 3.8) is 0 Å². The lowest BCUT2D eigenvalue weighted by molar-refractivity contribution is 0.0889. The molecule has 2 aliphatic rings. The Morgan fingerprint density at radius 1 is 0.917 bits per heavy atom. The molecule has 182 valence electrons. The first kappa shape index (κ1) is 23.5. The van der Waals surface area contributed by atoms with Gasteiger partial charge in [0.2, 0.25) is 5.95 Å². The Morgan fingerprint density at radius 2 is 1.56 bits per heavy atom. The van der Waals surface area contributed by atoms with Crippen LogP contribution in [0.4, 0.5) is 5.95 Å². The molecule has 36 heavy (non-hydrogen) atoms. The Bertz CT molecular complexity index is 1460. The van der Waals surface area contributed by atoms with Gasteiger partial charge in [-0.15, -0.1) is 0 Å². The highest BCUT2D eigenvalue weighted by molar-refractivity contribution is 9.10. The van der Waals surface area contributed by atoms with Gasteiger partial charge in [-0.2, -0.15) is 10.1 Å². The predicted molar refractivity (Wildman–Crippen MR) is 147 cm³/mol. The minimum absolute atomic E-state index is 0.245. The summed E-state index contributed by atoms with van der Waals surface area (Å²) < 4.78 is 10.7. The standard InChI is InChI=1S/C28H24Br2N4O2/c1-28(2,35)15-33-25-21-5-3-4-6-22(21)36-26(18-9-13-20(30)14-10-18)23(25)24(34-27(33)31-16-32-34)17-7-11-19(29)12-8-17/h3-14,16,24,26,35H,15H2,1-2H3. The SMILES string of the molecule is CC(C)(O)CN1C2=C(C(c3ccc(Br)cc3)Oc3ccccc32)C(c2ccc(Br)cc2)n2ncnc21. The highest BCUT2D eigenvalue weighted by Crippen LogP contribution is 2.53. The Morgan fingerprint density at radius 3 is 2.22 bits per heavy atom. The summed E-state index contributed by atoms with van der Waals surface area (Å²) in [6, 6.07) is 24.4. The quantitative estimate of drug-likeness (QED) is 0.286. The fourth-order valence-corrected chi connectivity index (χ4v) is 5.58. The number of aliphatic hydroxyl groups is 1. The minimum atomic E-state index is -0.973. The molecule has 0 spiro atoms. The lowest BCUT2D eigenvalue weighted by Crippen LogP contribution is -2.44. The van der Waals surface area contributed by atoms with Crippen molar-refractivity contribution in [2.75, 3.05) is 11.4 Å². The molecule has 0 radical (unpaired) electrons. The van der Waals surface area contributed by atoms with E-state index in [1.165, 1.54) is 0 Å². The molecule has 1 aromatic heterocycles. The third kappa shape index (κ3) is 4.07. The van der Waals surface area contributed by atoms with Crippen molar-refractivity contribution < 1.29 is 9.84 Å². The van der Waals surface area contributed by atoms with Crippen LogP contribution >= 0.6 is 31.9 Å². The zero-order chi connectivity index (χ0) is 25.0. The molecule has 2 unspecified atom stereocenters. The lowest BCUT2D eigenvalue weighted by atomic mass is 9.84. The maximum Gasteiger partial charge on any atom is 0.229 e. The number of anilines is 1. The third-order valence-corrected chi connectivity index (χ3v) is 7.51. The van der Waals surface area contributed by atoms with Crippen molar-refractivity contribution in [1.29, 1.82) is 0 Å². The highest BCUT2D eigenvalue weighted by Gasteiger charge is 2.44. The maximum atomic E-state index is 10.9. The zero-order valence-electron chi connectivity index (χ0n) is 19.8. The molecule has 2 aliphatic heterocycles. The van der Waals surface area contributed by atoms with E-state index in [0.717, 1.165) is 42.7 Å². The van der Waals surface area contributed by atoms with E-state index in [0.29, 0.717) is 12.5 Å². The average molecular weight is 608 g/mol. The molecule has 3 heterocycles. The van der Waals surface area contributed by atoms with Crippen LogP contribution in [0.2, 0.25) is 0 Å². The summed E-state index contributed by atoms with van der Waals surface area (Å²) in [4.78, 5) is 6.75. The second-order valence-corrected chi connectivity index (χ2v) is 11.5. The summed E-state index contributed by atoms with van der Waals surface area (Å²) in [5.41, 5.74) is 4.17. The monoisotopic (exact) mass is 606 g/mol. The van der Waals surface area contributed by atoms with Gasteiger partial charge in [-0.05, 0) is 61.4 Å². The number of benzene rings is 3. The van der Waals surface area contributed by atoms with Crippen molar-refractivity contribution in [3.8, 4) is 5.75 Å². The van der Waals surface area contributed by atoms with E-state index in [-0.39, 0.29) is 12.1 Å². The number of fused-ring (bicyclic) bond motifs is 3. The second-order valence-electron chi connectivity index (χ2n) is 9.71. The molecule has 0 bridgehead atoms. The van der Waals surface area contributed by atoms with Gasteiger partial charge in [0, 0.05) is 20.1 Å². The van der Waals surface area contributed by atoms with Crippen LogP contribution in [0.25, 0.3) is 5.70 Å². The van der Waals surface area contributed by atoms with Crippen LogP contribution < -0.4 is 9.64 Å². The van der Waals surface area contributed by atoms with Crippen LogP contribution in [-0.2, 0) is 0 Å². The molecular weight excluding hydrogens is 584 g/mol. The molecule has 3 aromatic carbocycles. The first-order chi connectivity index (χ1) is 17.3. The van der Waals surface area contributed by atoms with Gasteiger partial charge in [0.1, 0.15) is 24.2 Å². The molecule has 6 nitrogen and oxygen atoms in total. The lowest BCUT2D eigenvalue weighted by Gasteiger charge is -2.44. The summed E-state index contributed by atoms with van der Waals surface area (Å²) >= 11 is 7.13. The van der Waals surface area contributed by atoms with Gasteiger partial charge in [0.15, 0.2) is 0 Å². The van der Waals surface area contributed by atoms with Crippen molar-refractivity contribution in [3.05, 3.63) is 110 Å². The van der Waals surface area contributed by atoms with Crippen molar-refractivity contribution in [2.45, 2.75) is 31.6 Å². The first-order valence-corrected chi connectivity index (χ1v) is 13.3. The smallest absolute Gasteiger partial charge is 0.229 e. The molecule has 2 atom stereocenters. The van der Waals surface area contributed by atoms with Crippen LogP contribution in [0.15, 0.2) is 93.6 Å². The highest BCUT2D eigenvalue weighted by atomic mass is 79.9. The molecule has 4 aromatic rings. The summed E-state index contributed by atoms with van der Waals surface area (Å²) in [5, 5.41) is 15.6. The van der Waals surface area contributed by atoms with E-state index >= 15 is 0 Å². The number of hydrogen-bond acceptors (Lipinski definition) is 5. The van der Waals surface area contributed by atoms with Gasteiger partial charge in [-0.3, -0.25) is 0 Å². The number of ether oxygens (including phenoxy) is 1. The minimum Gasteiger partial charge on any atom is -0.480 e. The van der Waals surface area contributed by atoms with Crippen LogP contribution in [-0.4, -0.2) is 32.0 Å².